The number of aryl methyl sites for hydroxylation is 1. The number of carbonyl (C=O) groups is 1. The molecule has 4 nitrogen and oxygen atoms in total. The average Bonchev–Trinajstić information content (AvgIpc) is 3.12. The smallest absolute Gasteiger partial charge is 0.319 e. The Labute approximate surface area is 110 Å². The monoisotopic (exact) mass is 262 g/mol. The van der Waals surface area contributed by atoms with Crippen molar-refractivity contribution in [2.45, 2.75) is 25.2 Å². The molecule has 0 radical (unpaired) electrons. The molecule has 1 heterocycles. The fourth-order valence-electron chi connectivity index (χ4n) is 2.50. The number of rotatable bonds is 3. The zero-order valence-electron chi connectivity index (χ0n) is 10.9. The van der Waals surface area contributed by atoms with E-state index in [0.29, 0.717) is 23.5 Å². The number of esters is 1. The van der Waals surface area contributed by atoms with Gasteiger partial charge in [-0.25, -0.2) is 9.37 Å². The second-order valence-corrected chi connectivity index (χ2v) is 4.93. The Kier molecular flexibility index (Phi) is 2.59. The van der Waals surface area contributed by atoms with Gasteiger partial charge >= 0.3 is 5.97 Å². The third-order valence-electron chi connectivity index (χ3n) is 3.69. The van der Waals surface area contributed by atoms with Gasteiger partial charge in [-0.05, 0) is 38.0 Å². The van der Waals surface area contributed by atoms with Gasteiger partial charge in [0.1, 0.15) is 17.1 Å². The van der Waals surface area contributed by atoms with Crippen molar-refractivity contribution in [1.29, 1.82) is 0 Å². The van der Waals surface area contributed by atoms with Crippen LogP contribution in [0.5, 0.6) is 0 Å². The molecule has 2 aromatic rings. The van der Waals surface area contributed by atoms with Gasteiger partial charge in [-0.2, -0.15) is 0 Å². The summed E-state index contributed by atoms with van der Waals surface area (Å²) in [5.41, 5.74) is 0.778. The van der Waals surface area contributed by atoms with Gasteiger partial charge in [0, 0.05) is 7.05 Å². The van der Waals surface area contributed by atoms with Crippen molar-refractivity contribution in [1.82, 2.24) is 9.55 Å². The Morgan fingerprint density at radius 2 is 2.26 bits per heavy atom. The third-order valence-corrected chi connectivity index (χ3v) is 3.69. The van der Waals surface area contributed by atoms with Crippen LogP contribution in [0.15, 0.2) is 18.2 Å². The fraction of sp³-hybridized carbons (Fsp3) is 0.429. The summed E-state index contributed by atoms with van der Waals surface area (Å²) in [6, 6.07) is 4.45. The van der Waals surface area contributed by atoms with Gasteiger partial charge in [-0.3, -0.25) is 4.79 Å². The summed E-state index contributed by atoms with van der Waals surface area (Å²) < 4.78 is 20.2. The van der Waals surface area contributed by atoms with Crippen LogP contribution in [0, 0.1) is 5.82 Å². The van der Waals surface area contributed by atoms with Gasteiger partial charge in [0.05, 0.1) is 17.6 Å². The van der Waals surface area contributed by atoms with E-state index >= 15 is 0 Å². The van der Waals surface area contributed by atoms with Crippen LogP contribution < -0.4 is 0 Å². The normalized spacial score (nSPS) is 16.6. The van der Waals surface area contributed by atoms with Crippen LogP contribution in [0.2, 0.25) is 0 Å². The highest BCUT2D eigenvalue weighted by atomic mass is 19.1. The Morgan fingerprint density at radius 3 is 2.89 bits per heavy atom. The lowest BCUT2D eigenvalue weighted by Gasteiger charge is -2.13. The maximum Gasteiger partial charge on any atom is 0.319 e. The summed E-state index contributed by atoms with van der Waals surface area (Å²) in [6.07, 6.45) is 1.48. The number of imidazole rings is 1. The Bertz CT molecular complexity index is 659. The molecule has 1 fully saturated rings. The van der Waals surface area contributed by atoms with Crippen molar-refractivity contribution in [3.8, 4) is 0 Å². The van der Waals surface area contributed by atoms with E-state index in [9.17, 15) is 9.18 Å². The topological polar surface area (TPSA) is 44.1 Å². The molecule has 0 aliphatic heterocycles. The maximum absolute atomic E-state index is 13.3. The molecule has 100 valence electrons. The number of benzene rings is 1. The first-order chi connectivity index (χ1) is 9.08. The van der Waals surface area contributed by atoms with Crippen LogP contribution in [0.3, 0.4) is 0 Å². The lowest BCUT2D eigenvalue weighted by atomic mass is 10.1. The fourth-order valence-corrected chi connectivity index (χ4v) is 2.50. The molecule has 0 atom stereocenters. The number of aromatic nitrogens is 2. The van der Waals surface area contributed by atoms with Gasteiger partial charge in [-0.15, -0.1) is 0 Å². The molecule has 1 aliphatic carbocycles. The van der Waals surface area contributed by atoms with Gasteiger partial charge < -0.3 is 9.30 Å². The highest BCUT2D eigenvalue weighted by molar-refractivity contribution is 5.87. The van der Waals surface area contributed by atoms with E-state index in [2.05, 4.69) is 4.98 Å². The largest absolute Gasteiger partial charge is 0.465 e. The predicted molar refractivity (Wildman–Crippen MR) is 68.2 cm³/mol. The molecule has 3 rings (SSSR count). The summed E-state index contributed by atoms with van der Waals surface area (Å²) >= 11 is 0. The number of nitrogens with zero attached hydrogens (tertiary/aromatic N) is 2. The van der Waals surface area contributed by atoms with Crippen LogP contribution in [0.4, 0.5) is 4.39 Å². The molecule has 1 aliphatic rings. The first-order valence-electron chi connectivity index (χ1n) is 6.38. The molecule has 0 amide bonds. The first-order valence-corrected chi connectivity index (χ1v) is 6.38. The van der Waals surface area contributed by atoms with E-state index in [1.807, 2.05) is 7.05 Å². The third kappa shape index (κ3) is 1.72. The molecule has 0 bridgehead atoms. The number of ether oxygens (including phenoxy) is 1. The van der Waals surface area contributed by atoms with Gasteiger partial charge in [0.15, 0.2) is 0 Å². The van der Waals surface area contributed by atoms with E-state index in [1.54, 1.807) is 17.6 Å². The second-order valence-electron chi connectivity index (χ2n) is 4.93. The van der Waals surface area contributed by atoms with Crippen LogP contribution in [-0.4, -0.2) is 22.1 Å². The van der Waals surface area contributed by atoms with Crippen LogP contribution in [0.25, 0.3) is 11.0 Å². The van der Waals surface area contributed by atoms with E-state index < -0.39 is 5.41 Å². The van der Waals surface area contributed by atoms with Crippen LogP contribution in [-0.2, 0) is 22.0 Å². The number of hydrogen-bond donors (Lipinski definition) is 0. The Morgan fingerprint density at radius 1 is 1.53 bits per heavy atom. The SMILES string of the molecule is CCOC(=O)C1(c2nc3ccc(F)cc3n2C)CC1. The maximum atomic E-state index is 13.3. The second kappa shape index (κ2) is 4.05. The van der Waals surface area contributed by atoms with Crippen molar-refractivity contribution in [3.63, 3.8) is 0 Å². The lowest BCUT2D eigenvalue weighted by Crippen LogP contribution is -2.26. The molecule has 1 aromatic heterocycles. The summed E-state index contributed by atoms with van der Waals surface area (Å²) in [7, 11) is 1.81. The Hall–Kier alpha value is -1.91. The lowest BCUT2D eigenvalue weighted by molar-refractivity contribution is -0.146. The minimum atomic E-state index is -0.625. The van der Waals surface area contributed by atoms with Gasteiger partial charge in [0.25, 0.3) is 0 Å². The summed E-state index contributed by atoms with van der Waals surface area (Å²) in [6.45, 7) is 2.15. The number of carbonyl (C=O) groups excluding carboxylic acids is 1. The molecule has 1 aromatic carbocycles. The minimum absolute atomic E-state index is 0.228. The molecular formula is C14H15FN2O2. The van der Waals surface area contributed by atoms with Crippen LogP contribution >= 0.6 is 0 Å². The van der Waals surface area contributed by atoms with E-state index in [0.717, 1.165) is 12.8 Å². The molecule has 5 heteroatoms. The standard InChI is InChI=1S/C14H15FN2O2/c1-3-19-13(18)14(6-7-14)12-16-10-5-4-9(15)8-11(10)17(12)2/h4-5,8H,3,6-7H2,1-2H3. The number of fused-ring (bicyclic) bond motifs is 1. The van der Waals surface area contributed by atoms with Crippen molar-refractivity contribution in [2.24, 2.45) is 7.05 Å². The Balaban J connectivity index is 2.11. The summed E-state index contributed by atoms with van der Waals surface area (Å²) in [5.74, 6) is 0.142. The van der Waals surface area contributed by atoms with E-state index in [-0.39, 0.29) is 11.8 Å². The van der Waals surface area contributed by atoms with Gasteiger partial charge in [0.2, 0.25) is 0 Å². The van der Waals surface area contributed by atoms with Crippen molar-refractivity contribution in [2.75, 3.05) is 6.61 Å². The quantitative estimate of drug-likeness (QED) is 0.797. The molecule has 0 spiro atoms. The molecule has 0 N–H and O–H groups in total. The number of hydrogen-bond acceptors (Lipinski definition) is 3. The van der Waals surface area contributed by atoms with Crippen molar-refractivity contribution >= 4 is 17.0 Å². The van der Waals surface area contributed by atoms with Gasteiger partial charge in [-0.1, -0.05) is 0 Å². The zero-order chi connectivity index (χ0) is 13.6. The highest BCUT2D eigenvalue weighted by Crippen LogP contribution is 2.49. The predicted octanol–water partition coefficient (Wildman–Crippen LogP) is 2.31. The first kappa shape index (κ1) is 12.1. The number of halogens is 1. The van der Waals surface area contributed by atoms with Crippen molar-refractivity contribution < 1.29 is 13.9 Å². The summed E-state index contributed by atoms with van der Waals surface area (Å²) in [4.78, 5) is 16.6. The zero-order valence-corrected chi connectivity index (χ0v) is 10.9. The molecule has 0 saturated heterocycles. The van der Waals surface area contributed by atoms with E-state index in [1.165, 1.54) is 12.1 Å². The molecule has 1 saturated carbocycles. The highest BCUT2D eigenvalue weighted by Gasteiger charge is 2.56. The molecule has 19 heavy (non-hydrogen) atoms. The minimum Gasteiger partial charge on any atom is -0.465 e. The average molecular weight is 262 g/mol. The molecular weight excluding hydrogens is 247 g/mol. The van der Waals surface area contributed by atoms with Crippen LogP contribution in [0.1, 0.15) is 25.6 Å². The summed E-state index contributed by atoms with van der Waals surface area (Å²) in [5, 5.41) is 0. The van der Waals surface area contributed by atoms with E-state index in [4.69, 9.17) is 4.74 Å². The molecule has 0 unspecified atom stereocenters. The van der Waals surface area contributed by atoms with Crippen molar-refractivity contribution in [3.05, 3.63) is 29.8 Å².